The molecule has 1 aromatic carbocycles. The highest BCUT2D eigenvalue weighted by Gasteiger charge is 2.16. The first kappa shape index (κ1) is 11.8. The molecule has 0 saturated heterocycles. The monoisotopic (exact) mass is 214 g/mol. The van der Waals surface area contributed by atoms with E-state index in [0.717, 1.165) is 0 Å². The summed E-state index contributed by atoms with van der Waals surface area (Å²) in [6, 6.07) is 2.80. The van der Waals surface area contributed by atoms with Crippen LogP contribution in [-0.4, -0.2) is 25.4 Å². The average Bonchev–Trinajstić information content (AvgIpc) is 2.18. The average molecular weight is 214 g/mol. The van der Waals surface area contributed by atoms with Crippen molar-refractivity contribution in [1.82, 2.24) is 0 Å². The van der Waals surface area contributed by atoms with Crippen molar-refractivity contribution >= 4 is 0 Å². The fraction of sp³-hybridized carbons (Fsp3) is 0.455. The number of halogens is 1. The first-order valence-corrected chi connectivity index (χ1v) is 4.67. The Hall–Kier alpha value is -1.29. The minimum atomic E-state index is -0.574. The van der Waals surface area contributed by atoms with Crippen LogP contribution in [-0.2, 0) is 6.42 Å². The Morgan fingerprint density at radius 1 is 1.33 bits per heavy atom. The Bertz CT molecular complexity index is 337. The lowest BCUT2D eigenvalue weighted by Gasteiger charge is -2.14. The highest BCUT2D eigenvalue weighted by Crippen LogP contribution is 2.32. The lowest BCUT2D eigenvalue weighted by molar-refractivity contribution is 0.192. The molecule has 84 valence electrons. The predicted molar refractivity (Wildman–Crippen MR) is 54.9 cm³/mol. The largest absolute Gasteiger partial charge is 0.496 e. The van der Waals surface area contributed by atoms with Gasteiger partial charge in [0.05, 0.1) is 20.3 Å². The van der Waals surface area contributed by atoms with Crippen LogP contribution < -0.4 is 9.47 Å². The van der Waals surface area contributed by atoms with Gasteiger partial charge in [0.15, 0.2) is 11.6 Å². The molecular weight excluding hydrogens is 199 g/mol. The van der Waals surface area contributed by atoms with Crippen molar-refractivity contribution in [2.24, 2.45) is 0 Å². The Morgan fingerprint density at radius 2 is 2.00 bits per heavy atom. The molecular formula is C11H15FO3. The van der Waals surface area contributed by atoms with E-state index in [9.17, 15) is 9.50 Å². The molecule has 0 spiro atoms. The van der Waals surface area contributed by atoms with Crippen molar-refractivity contribution in [2.75, 3.05) is 14.2 Å². The zero-order chi connectivity index (χ0) is 11.4. The van der Waals surface area contributed by atoms with Crippen LogP contribution in [0.15, 0.2) is 12.1 Å². The summed E-state index contributed by atoms with van der Waals surface area (Å²) in [7, 11) is 2.89. The molecule has 0 aliphatic rings. The molecule has 1 rings (SSSR count). The zero-order valence-corrected chi connectivity index (χ0v) is 9.08. The maximum absolute atomic E-state index is 13.4. The van der Waals surface area contributed by atoms with Crippen molar-refractivity contribution in [3.63, 3.8) is 0 Å². The van der Waals surface area contributed by atoms with Crippen LogP contribution in [0, 0.1) is 5.82 Å². The molecule has 0 fully saturated rings. The Balaban J connectivity index is 3.21. The number of benzene rings is 1. The second-order valence-corrected chi connectivity index (χ2v) is 3.31. The quantitative estimate of drug-likeness (QED) is 0.830. The van der Waals surface area contributed by atoms with E-state index in [1.54, 1.807) is 6.92 Å². The number of ether oxygens (including phenoxy) is 2. The summed E-state index contributed by atoms with van der Waals surface area (Å²) in [6.07, 6.45) is -0.279. The van der Waals surface area contributed by atoms with E-state index in [1.807, 2.05) is 0 Å². The van der Waals surface area contributed by atoms with Crippen LogP contribution in [0.5, 0.6) is 11.5 Å². The summed E-state index contributed by atoms with van der Waals surface area (Å²) in [5, 5.41) is 9.30. The molecule has 0 aliphatic heterocycles. The van der Waals surface area contributed by atoms with E-state index in [4.69, 9.17) is 9.47 Å². The Labute approximate surface area is 88.4 Å². The van der Waals surface area contributed by atoms with Crippen LogP contribution in [0.3, 0.4) is 0 Å². The van der Waals surface area contributed by atoms with Gasteiger partial charge in [-0.25, -0.2) is 4.39 Å². The van der Waals surface area contributed by atoms with Crippen LogP contribution in [0.4, 0.5) is 4.39 Å². The molecule has 15 heavy (non-hydrogen) atoms. The highest BCUT2D eigenvalue weighted by molar-refractivity contribution is 5.46. The van der Waals surface area contributed by atoms with Crippen molar-refractivity contribution in [3.05, 3.63) is 23.5 Å². The van der Waals surface area contributed by atoms with Crippen molar-refractivity contribution in [2.45, 2.75) is 19.4 Å². The SMILES string of the molecule is COc1ccc(F)c(OC)c1C[C@@H](C)O. The first-order valence-electron chi connectivity index (χ1n) is 4.67. The number of methoxy groups -OCH3 is 2. The van der Waals surface area contributed by atoms with Crippen LogP contribution in [0.2, 0.25) is 0 Å². The van der Waals surface area contributed by atoms with Crippen LogP contribution in [0.1, 0.15) is 12.5 Å². The van der Waals surface area contributed by atoms with E-state index in [2.05, 4.69) is 0 Å². The number of aliphatic hydroxyl groups excluding tert-OH is 1. The van der Waals surface area contributed by atoms with E-state index in [-0.39, 0.29) is 5.75 Å². The normalized spacial score (nSPS) is 12.3. The molecule has 4 heteroatoms. The fourth-order valence-electron chi connectivity index (χ4n) is 1.48. The van der Waals surface area contributed by atoms with E-state index < -0.39 is 11.9 Å². The molecule has 1 aromatic rings. The van der Waals surface area contributed by atoms with Gasteiger partial charge in [-0.2, -0.15) is 0 Å². The first-order chi connectivity index (χ1) is 7.10. The summed E-state index contributed by atoms with van der Waals surface area (Å²) >= 11 is 0. The highest BCUT2D eigenvalue weighted by atomic mass is 19.1. The van der Waals surface area contributed by atoms with Crippen LogP contribution >= 0.6 is 0 Å². The fourth-order valence-corrected chi connectivity index (χ4v) is 1.48. The molecule has 0 saturated carbocycles. The maximum atomic E-state index is 13.4. The summed E-state index contributed by atoms with van der Waals surface area (Å²) in [4.78, 5) is 0. The minimum absolute atomic E-state index is 0.134. The molecule has 0 bridgehead atoms. The molecule has 0 amide bonds. The number of rotatable bonds is 4. The van der Waals surface area contributed by atoms with E-state index in [1.165, 1.54) is 26.4 Å². The molecule has 0 radical (unpaired) electrons. The third-order valence-corrected chi connectivity index (χ3v) is 2.09. The predicted octanol–water partition coefficient (Wildman–Crippen LogP) is 1.77. The number of hydrogen-bond donors (Lipinski definition) is 1. The topological polar surface area (TPSA) is 38.7 Å². The van der Waals surface area contributed by atoms with Gasteiger partial charge in [0, 0.05) is 12.0 Å². The zero-order valence-electron chi connectivity index (χ0n) is 9.08. The minimum Gasteiger partial charge on any atom is -0.496 e. The molecule has 1 N–H and O–H groups in total. The molecule has 0 aliphatic carbocycles. The lowest BCUT2D eigenvalue weighted by Crippen LogP contribution is -2.08. The van der Waals surface area contributed by atoms with Gasteiger partial charge in [0.1, 0.15) is 5.75 Å². The molecule has 0 unspecified atom stereocenters. The van der Waals surface area contributed by atoms with E-state index >= 15 is 0 Å². The van der Waals surface area contributed by atoms with Crippen molar-refractivity contribution in [3.8, 4) is 11.5 Å². The lowest BCUT2D eigenvalue weighted by atomic mass is 10.1. The Morgan fingerprint density at radius 3 is 2.47 bits per heavy atom. The second kappa shape index (κ2) is 4.98. The molecule has 3 nitrogen and oxygen atoms in total. The van der Waals surface area contributed by atoms with Gasteiger partial charge in [0.2, 0.25) is 0 Å². The summed E-state index contributed by atoms with van der Waals surface area (Å²) < 4.78 is 23.4. The summed E-state index contributed by atoms with van der Waals surface area (Å²) in [5.74, 6) is 0.207. The van der Waals surface area contributed by atoms with Crippen molar-refractivity contribution < 1.29 is 19.0 Å². The van der Waals surface area contributed by atoms with Gasteiger partial charge in [-0.1, -0.05) is 0 Å². The number of aliphatic hydroxyl groups is 1. The van der Waals surface area contributed by atoms with Gasteiger partial charge in [-0.05, 0) is 19.1 Å². The summed E-state index contributed by atoms with van der Waals surface area (Å²) in [5.41, 5.74) is 0.551. The van der Waals surface area contributed by atoms with Crippen LogP contribution in [0.25, 0.3) is 0 Å². The van der Waals surface area contributed by atoms with Crippen molar-refractivity contribution in [1.29, 1.82) is 0 Å². The second-order valence-electron chi connectivity index (χ2n) is 3.31. The van der Waals surface area contributed by atoms with Gasteiger partial charge >= 0.3 is 0 Å². The van der Waals surface area contributed by atoms with Gasteiger partial charge in [-0.3, -0.25) is 0 Å². The van der Waals surface area contributed by atoms with E-state index in [0.29, 0.717) is 17.7 Å². The van der Waals surface area contributed by atoms with Gasteiger partial charge in [-0.15, -0.1) is 0 Å². The van der Waals surface area contributed by atoms with Gasteiger partial charge in [0.25, 0.3) is 0 Å². The molecule has 1 atom stereocenters. The maximum Gasteiger partial charge on any atom is 0.165 e. The third kappa shape index (κ3) is 2.59. The molecule has 0 heterocycles. The summed E-state index contributed by atoms with van der Waals surface area (Å²) in [6.45, 7) is 1.63. The number of hydrogen-bond acceptors (Lipinski definition) is 3. The smallest absolute Gasteiger partial charge is 0.165 e. The Kier molecular flexibility index (Phi) is 3.91. The third-order valence-electron chi connectivity index (χ3n) is 2.09. The molecule has 0 aromatic heterocycles. The standard InChI is InChI=1S/C11H15FO3/c1-7(13)6-8-10(14-2)5-4-9(12)11(8)15-3/h4-5,7,13H,6H2,1-3H3/t7-/m1/s1. The van der Waals surface area contributed by atoms with Gasteiger partial charge < -0.3 is 14.6 Å².